The first kappa shape index (κ1) is 13.9. The molecule has 18 heavy (non-hydrogen) atoms. The Kier molecular flexibility index (Phi) is 3.89. The molecule has 0 bridgehead atoms. The van der Waals surface area contributed by atoms with Crippen LogP contribution in [0.5, 0.6) is 0 Å². The first-order chi connectivity index (χ1) is 8.21. The molecule has 0 radical (unpaired) electrons. The minimum Gasteiger partial charge on any atom is -0.548 e. The van der Waals surface area contributed by atoms with Gasteiger partial charge in [0.1, 0.15) is 5.82 Å². The Morgan fingerprint density at radius 1 is 1.17 bits per heavy atom. The highest BCUT2D eigenvalue weighted by Crippen LogP contribution is 2.18. The summed E-state index contributed by atoms with van der Waals surface area (Å²) in [6.45, 7) is 0. The predicted octanol–water partition coefficient (Wildman–Crippen LogP) is 0.295. The number of benzene rings is 1. The Morgan fingerprint density at radius 3 is 2.06 bits per heavy atom. The van der Waals surface area contributed by atoms with E-state index >= 15 is 0 Å². The number of carbonyl (C=O) groups is 2. The second kappa shape index (κ2) is 5.03. The summed E-state index contributed by atoms with van der Waals surface area (Å²) in [5.74, 6) is -5.04. The third-order valence-corrected chi connectivity index (χ3v) is 1.97. The molecule has 98 valence electrons. The molecular formula is C10H6F4NO3-. The number of halogens is 4. The van der Waals surface area contributed by atoms with E-state index < -0.39 is 29.9 Å². The molecule has 0 fully saturated rings. The molecule has 1 amide bonds. The van der Waals surface area contributed by atoms with Crippen LogP contribution in [0.3, 0.4) is 0 Å². The Balaban J connectivity index is 2.94. The molecule has 1 aromatic rings. The summed E-state index contributed by atoms with van der Waals surface area (Å²) in [5.41, 5.74) is -0.228. The summed E-state index contributed by atoms with van der Waals surface area (Å²) in [7, 11) is 0. The number of nitrogens with one attached hydrogen (secondary N) is 1. The highest BCUT2D eigenvalue weighted by atomic mass is 19.4. The molecule has 1 N–H and O–H groups in total. The second-order valence-electron chi connectivity index (χ2n) is 3.27. The Labute approximate surface area is 98.2 Å². The fourth-order valence-corrected chi connectivity index (χ4v) is 1.15. The van der Waals surface area contributed by atoms with Gasteiger partial charge in [-0.05, 0) is 17.7 Å². The van der Waals surface area contributed by atoms with E-state index in [1.54, 1.807) is 0 Å². The van der Waals surface area contributed by atoms with Crippen LogP contribution >= 0.6 is 0 Å². The van der Waals surface area contributed by atoms with Gasteiger partial charge in [0.15, 0.2) is 0 Å². The number of carboxylic acids is 1. The molecule has 0 aliphatic rings. The van der Waals surface area contributed by atoms with Gasteiger partial charge >= 0.3 is 12.1 Å². The van der Waals surface area contributed by atoms with Crippen molar-refractivity contribution in [2.24, 2.45) is 0 Å². The van der Waals surface area contributed by atoms with Crippen molar-refractivity contribution in [3.63, 3.8) is 0 Å². The van der Waals surface area contributed by atoms with E-state index in [9.17, 15) is 32.3 Å². The number of hydrogen-bond donors (Lipinski definition) is 1. The second-order valence-corrected chi connectivity index (χ2v) is 3.27. The first-order valence-corrected chi connectivity index (χ1v) is 4.56. The average Bonchev–Trinajstić information content (AvgIpc) is 2.25. The van der Waals surface area contributed by atoms with Crippen LogP contribution in [-0.4, -0.2) is 18.1 Å². The molecule has 0 aliphatic heterocycles. The fraction of sp³-hybridized carbons (Fsp3) is 0.200. The zero-order chi connectivity index (χ0) is 13.9. The van der Waals surface area contributed by atoms with Crippen molar-refractivity contribution in [3.8, 4) is 0 Å². The molecule has 1 aromatic carbocycles. The maximum absolute atomic E-state index is 12.6. The highest BCUT2D eigenvalue weighted by molar-refractivity contribution is 5.87. The normalized spacial score (nSPS) is 12.9. The summed E-state index contributed by atoms with van der Waals surface area (Å²) in [5, 5.41) is 11.9. The van der Waals surface area contributed by atoms with Crippen molar-refractivity contribution in [1.29, 1.82) is 0 Å². The summed E-state index contributed by atoms with van der Waals surface area (Å²) >= 11 is 0. The lowest BCUT2D eigenvalue weighted by Gasteiger charge is -2.20. The van der Waals surface area contributed by atoms with E-state index in [-0.39, 0.29) is 5.56 Å². The smallest absolute Gasteiger partial charge is 0.471 e. The van der Waals surface area contributed by atoms with Crippen LogP contribution < -0.4 is 10.4 Å². The molecular weight excluding hydrogens is 258 g/mol. The van der Waals surface area contributed by atoms with Crippen LogP contribution in [0, 0.1) is 5.82 Å². The number of rotatable bonds is 3. The van der Waals surface area contributed by atoms with Crippen LogP contribution in [0.25, 0.3) is 0 Å². The molecule has 0 saturated carbocycles. The van der Waals surface area contributed by atoms with Gasteiger partial charge in [-0.2, -0.15) is 13.2 Å². The quantitative estimate of drug-likeness (QED) is 0.798. The number of carbonyl (C=O) groups excluding carboxylic acids is 2. The van der Waals surface area contributed by atoms with Gasteiger partial charge in [0, 0.05) is 0 Å². The number of alkyl halides is 3. The van der Waals surface area contributed by atoms with E-state index in [2.05, 4.69) is 0 Å². The van der Waals surface area contributed by atoms with Crippen LogP contribution in [0.15, 0.2) is 24.3 Å². The fourth-order valence-electron chi connectivity index (χ4n) is 1.15. The molecule has 1 atom stereocenters. The van der Waals surface area contributed by atoms with Gasteiger partial charge in [0.05, 0.1) is 12.0 Å². The summed E-state index contributed by atoms with van der Waals surface area (Å²) in [6, 6.07) is 1.58. The standard InChI is InChI=1S/C10H7F4NO3/c11-6-3-1-5(2-4-6)7(8(16)17)15-9(18)10(12,13)14/h1-4,7H,(H,15,18)(H,16,17)/p-1/t7-/m1/s1. The minimum atomic E-state index is -5.21. The van der Waals surface area contributed by atoms with Crippen molar-refractivity contribution < 1.29 is 32.3 Å². The van der Waals surface area contributed by atoms with Gasteiger partial charge in [-0.25, -0.2) is 4.39 Å². The third-order valence-electron chi connectivity index (χ3n) is 1.97. The van der Waals surface area contributed by atoms with Crippen molar-refractivity contribution in [1.82, 2.24) is 5.32 Å². The zero-order valence-corrected chi connectivity index (χ0v) is 8.62. The number of amides is 1. The first-order valence-electron chi connectivity index (χ1n) is 4.56. The molecule has 0 aliphatic carbocycles. The van der Waals surface area contributed by atoms with Gasteiger partial charge in [-0.1, -0.05) is 12.1 Å². The monoisotopic (exact) mass is 264 g/mol. The van der Waals surface area contributed by atoms with E-state index in [0.717, 1.165) is 24.3 Å². The van der Waals surface area contributed by atoms with Crippen molar-refractivity contribution in [3.05, 3.63) is 35.6 Å². The lowest BCUT2D eigenvalue weighted by Crippen LogP contribution is -2.46. The minimum absolute atomic E-state index is 0.228. The lowest BCUT2D eigenvalue weighted by molar-refractivity contribution is -0.309. The van der Waals surface area contributed by atoms with Gasteiger partial charge in [-0.3, -0.25) is 4.79 Å². The molecule has 8 heteroatoms. The summed E-state index contributed by atoms with van der Waals surface area (Å²) in [4.78, 5) is 21.3. The summed E-state index contributed by atoms with van der Waals surface area (Å²) < 4.78 is 48.5. The molecule has 0 heterocycles. The van der Waals surface area contributed by atoms with Crippen LogP contribution in [0.4, 0.5) is 17.6 Å². The van der Waals surface area contributed by atoms with Crippen molar-refractivity contribution >= 4 is 11.9 Å². The lowest BCUT2D eigenvalue weighted by atomic mass is 10.1. The van der Waals surface area contributed by atoms with Crippen molar-refractivity contribution in [2.75, 3.05) is 0 Å². The van der Waals surface area contributed by atoms with Gasteiger partial charge in [0.25, 0.3) is 0 Å². The molecule has 0 aromatic heterocycles. The third kappa shape index (κ3) is 3.44. The summed E-state index contributed by atoms with van der Waals surface area (Å²) in [6.07, 6.45) is -5.21. The van der Waals surface area contributed by atoms with E-state index in [1.807, 2.05) is 0 Å². The van der Waals surface area contributed by atoms with E-state index in [4.69, 9.17) is 0 Å². The molecule has 0 saturated heterocycles. The van der Waals surface area contributed by atoms with Crippen LogP contribution in [0.1, 0.15) is 11.6 Å². The Morgan fingerprint density at radius 2 is 1.67 bits per heavy atom. The number of carboxylic acid groups (broad SMARTS) is 1. The number of aliphatic carboxylic acids is 1. The Bertz CT molecular complexity index is 455. The topological polar surface area (TPSA) is 69.2 Å². The molecule has 0 unspecified atom stereocenters. The highest BCUT2D eigenvalue weighted by Gasteiger charge is 2.40. The maximum atomic E-state index is 12.6. The van der Waals surface area contributed by atoms with Crippen LogP contribution in [0.2, 0.25) is 0 Å². The maximum Gasteiger partial charge on any atom is 0.471 e. The van der Waals surface area contributed by atoms with E-state index in [1.165, 1.54) is 5.32 Å². The predicted molar refractivity (Wildman–Crippen MR) is 48.3 cm³/mol. The largest absolute Gasteiger partial charge is 0.548 e. The molecule has 0 spiro atoms. The van der Waals surface area contributed by atoms with Gasteiger partial charge < -0.3 is 15.2 Å². The SMILES string of the molecule is O=C([O-])[C@H](NC(=O)C(F)(F)F)c1ccc(F)cc1. The molecule has 4 nitrogen and oxygen atoms in total. The van der Waals surface area contributed by atoms with Crippen LogP contribution in [-0.2, 0) is 9.59 Å². The number of hydrogen-bond acceptors (Lipinski definition) is 3. The zero-order valence-electron chi connectivity index (χ0n) is 8.62. The molecule has 1 rings (SSSR count). The van der Waals surface area contributed by atoms with E-state index in [0.29, 0.717) is 0 Å². The van der Waals surface area contributed by atoms with Gasteiger partial charge in [-0.15, -0.1) is 0 Å². The Hall–Kier alpha value is -2.12. The van der Waals surface area contributed by atoms with Gasteiger partial charge in [0.2, 0.25) is 0 Å². The van der Waals surface area contributed by atoms with Crippen molar-refractivity contribution in [2.45, 2.75) is 12.2 Å². The average molecular weight is 264 g/mol.